The van der Waals surface area contributed by atoms with Gasteiger partial charge in [0.2, 0.25) is 0 Å². The fraction of sp³-hybridized carbons (Fsp3) is 0.167. The lowest BCUT2D eigenvalue weighted by atomic mass is 10.0. The van der Waals surface area contributed by atoms with Gasteiger partial charge in [0, 0.05) is 17.0 Å². The molecule has 2 aliphatic rings. The number of hydrazone groups is 1. The number of rotatable bonds is 2. The van der Waals surface area contributed by atoms with Gasteiger partial charge in [-0.3, -0.25) is 4.90 Å². The Labute approximate surface area is 180 Å². The number of hydrogen-bond donors (Lipinski definition) is 2. The first-order chi connectivity index (χ1) is 13.3. The van der Waals surface area contributed by atoms with Crippen LogP contribution in [0.2, 0.25) is 20.1 Å². The van der Waals surface area contributed by atoms with Crippen molar-refractivity contribution in [3.63, 3.8) is 0 Å². The molecule has 0 radical (unpaired) electrons. The molecule has 10 heteroatoms. The van der Waals surface area contributed by atoms with E-state index in [1.54, 1.807) is 12.1 Å². The van der Waals surface area contributed by atoms with E-state index in [1.165, 1.54) is 17.0 Å². The summed E-state index contributed by atoms with van der Waals surface area (Å²) in [6.07, 6.45) is 0.427. The summed E-state index contributed by atoms with van der Waals surface area (Å²) < 4.78 is 0. The molecule has 2 N–H and O–H groups in total. The van der Waals surface area contributed by atoms with Gasteiger partial charge in [-0.25, -0.2) is 4.79 Å². The predicted molar refractivity (Wildman–Crippen MR) is 111 cm³/mol. The van der Waals surface area contributed by atoms with Crippen LogP contribution in [0.3, 0.4) is 0 Å². The third-order valence-electron chi connectivity index (χ3n) is 4.51. The SMILES string of the molecule is O=C1N=C(c2cc(Cl)cc(Cl)c2O)CN1C1=NNC(c2cccc(Cl)c2Cl)C1. The molecule has 0 saturated carbocycles. The summed E-state index contributed by atoms with van der Waals surface area (Å²) in [7, 11) is 0. The maximum atomic E-state index is 12.4. The van der Waals surface area contributed by atoms with Crippen molar-refractivity contribution in [2.24, 2.45) is 10.1 Å². The first-order valence-electron chi connectivity index (χ1n) is 8.18. The predicted octanol–water partition coefficient (Wildman–Crippen LogP) is 5.28. The van der Waals surface area contributed by atoms with Crippen molar-refractivity contribution in [3.8, 4) is 5.75 Å². The van der Waals surface area contributed by atoms with Crippen LogP contribution in [-0.2, 0) is 0 Å². The highest BCUT2D eigenvalue weighted by Gasteiger charge is 2.34. The number of nitrogens with zero attached hydrogens (tertiary/aromatic N) is 3. The summed E-state index contributed by atoms with van der Waals surface area (Å²) in [6, 6.07) is 7.59. The molecule has 1 unspecified atom stereocenters. The highest BCUT2D eigenvalue weighted by Crippen LogP contribution is 2.35. The number of aromatic hydroxyl groups is 1. The van der Waals surface area contributed by atoms with Gasteiger partial charge >= 0.3 is 6.03 Å². The number of hydrogen-bond acceptors (Lipinski definition) is 4. The quantitative estimate of drug-likeness (QED) is 0.643. The molecule has 0 bridgehead atoms. The van der Waals surface area contributed by atoms with E-state index < -0.39 is 6.03 Å². The summed E-state index contributed by atoms with van der Waals surface area (Å²) in [4.78, 5) is 17.9. The fourth-order valence-corrected chi connectivity index (χ4v) is 4.06. The number of halogens is 4. The lowest BCUT2D eigenvalue weighted by molar-refractivity contribution is 0.236. The molecule has 2 aromatic carbocycles. The largest absolute Gasteiger partial charge is 0.506 e. The maximum absolute atomic E-state index is 12.4. The lowest BCUT2D eigenvalue weighted by Crippen LogP contribution is -2.32. The van der Waals surface area contributed by atoms with Gasteiger partial charge in [0.05, 0.1) is 33.4 Å². The number of amides is 2. The summed E-state index contributed by atoms with van der Waals surface area (Å²) in [6.45, 7) is 0.138. The minimum absolute atomic E-state index is 0.0895. The van der Waals surface area contributed by atoms with Crippen LogP contribution < -0.4 is 5.43 Å². The molecule has 4 rings (SSSR count). The zero-order chi connectivity index (χ0) is 20.0. The van der Waals surface area contributed by atoms with Crippen LogP contribution in [-0.4, -0.2) is 34.1 Å². The van der Waals surface area contributed by atoms with Gasteiger partial charge in [-0.1, -0.05) is 58.5 Å². The van der Waals surface area contributed by atoms with Gasteiger partial charge in [0.15, 0.2) is 0 Å². The molecule has 2 aliphatic heterocycles. The van der Waals surface area contributed by atoms with Crippen molar-refractivity contribution in [1.29, 1.82) is 0 Å². The summed E-state index contributed by atoms with van der Waals surface area (Å²) in [5.41, 5.74) is 4.45. The van der Waals surface area contributed by atoms with Crippen molar-refractivity contribution in [3.05, 3.63) is 61.5 Å². The maximum Gasteiger partial charge on any atom is 0.349 e. The molecule has 0 spiro atoms. The molecule has 0 aromatic heterocycles. The zero-order valence-corrected chi connectivity index (χ0v) is 17.1. The molecule has 0 fully saturated rings. The van der Waals surface area contributed by atoms with Crippen LogP contribution in [0, 0.1) is 0 Å². The first-order valence-corrected chi connectivity index (χ1v) is 9.69. The highest BCUT2D eigenvalue weighted by atomic mass is 35.5. The van der Waals surface area contributed by atoms with Crippen LogP contribution in [0.1, 0.15) is 23.6 Å². The van der Waals surface area contributed by atoms with Crippen LogP contribution in [0.15, 0.2) is 40.4 Å². The number of phenols is 1. The Kier molecular flexibility index (Phi) is 5.14. The molecule has 28 heavy (non-hydrogen) atoms. The van der Waals surface area contributed by atoms with E-state index in [0.29, 0.717) is 38.6 Å². The fourth-order valence-electron chi connectivity index (χ4n) is 3.13. The topological polar surface area (TPSA) is 77.3 Å². The van der Waals surface area contributed by atoms with E-state index in [4.69, 9.17) is 46.4 Å². The monoisotopic (exact) mass is 456 g/mol. The average Bonchev–Trinajstić information content (AvgIpc) is 3.27. The zero-order valence-electron chi connectivity index (χ0n) is 14.1. The number of urea groups is 1. The third kappa shape index (κ3) is 3.42. The Morgan fingerprint density at radius 2 is 1.93 bits per heavy atom. The van der Waals surface area contributed by atoms with Crippen LogP contribution in [0.25, 0.3) is 0 Å². The van der Waals surface area contributed by atoms with Gasteiger partial charge in [-0.15, -0.1) is 0 Å². The second kappa shape index (κ2) is 7.44. The Balaban J connectivity index is 1.54. The van der Waals surface area contributed by atoms with Crippen molar-refractivity contribution in [2.75, 3.05) is 6.54 Å². The molecule has 0 aliphatic carbocycles. The summed E-state index contributed by atoms with van der Waals surface area (Å²) in [5, 5.41) is 15.8. The van der Waals surface area contributed by atoms with E-state index >= 15 is 0 Å². The molecule has 1 atom stereocenters. The second-order valence-electron chi connectivity index (χ2n) is 6.27. The lowest BCUT2D eigenvalue weighted by Gasteiger charge is -2.16. The van der Waals surface area contributed by atoms with Crippen molar-refractivity contribution >= 4 is 64.0 Å². The van der Waals surface area contributed by atoms with Crippen LogP contribution >= 0.6 is 46.4 Å². The minimum Gasteiger partial charge on any atom is -0.506 e. The van der Waals surface area contributed by atoms with E-state index in [1.807, 2.05) is 6.07 Å². The summed E-state index contributed by atoms with van der Waals surface area (Å²) in [5.74, 6) is 0.340. The van der Waals surface area contributed by atoms with Crippen LogP contribution in [0.5, 0.6) is 5.75 Å². The molecular weight excluding hydrogens is 446 g/mol. The minimum atomic E-state index is -0.483. The Bertz CT molecular complexity index is 1050. The third-order valence-corrected chi connectivity index (χ3v) is 5.85. The highest BCUT2D eigenvalue weighted by molar-refractivity contribution is 6.42. The molecule has 2 amide bonds. The average molecular weight is 458 g/mol. The van der Waals surface area contributed by atoms with Gasteiger partial charge < -0.3 is 10.5 Å². The molecule has 2 aromatic rings. The second-order valence-corrected chi connectivity index (χ2v) is 7.90. The van der Waals surface area contributed by atoms with Crippen molar-refractivity contribution in [1.82, 2.24) is 10.3 Å². The van der Waals surface area contributed by atoms with Gasteiger partial charge in [-0.05, 0) is 23.8 Å². The smallest absolute Gasteiger partial charge is 0.349 e. The standard InChI is InChI=1S/C18H12Cl4N4O2/c19-8-4-10(17(27)12(21)5-8)14-7-26(18(28)23-14)15-6-13(24-25-15)9-2-1-3-11(20)16(9)22/h1-5,13,24,27H,6-7H2. The van der Waals surface area contributed by atoms with E-state index in [2.05, 4.69) is 15.5 Å². The number of amidine groups is 1. The van der Waals surface area contributed by atoms with Gasteiger partial charge in [-0.2, -0.15) is 10.1 Å². The number of carbonyl (C=O) groups excluding carboxylic acids is 1. The molecular formula is C18H12Cl4N4O2. The number of aliphatic imine (C=N–C) groups is 1. The number of phenolic OH excluding ortho intramolecular Hbond substituents is 1. The van der Waals surface area contributed by atoms with Crippen LogP contribution in [0.4, 0.5) is 4.79 Å². The molecule has 2 heterocycles. The Morgan fingerprint density at radius 1 is 1.14 bits per heavy atom. The molecule has 0 saturated heterocycles. The van der Waals surface area contributed by atoms with E-state index in [0.717, 1.165) is 5.56 Å². The molecule has 6 nitrogen and oxygen atoms in total. The normalized spacial score (nSPS) is 18.9. The molecule has 144 valence electrons. The number of nitrogens with one attached hydrogen (secondary N) is 1. The van der Waals surface area contributed by atoms with Gasteiger partial charge in [0.25, 0.3) is 0 Å². The number of benzene rings is 2. The Morgan fingerprint density at radius 3 is 2.71 bits per heavy atom. The Hall–Kier alpha value is -1.99. The van der Waals surface area contributed by atoms with E-state index in [-0.39, 0.29) is 23.4 Å². The first kappa shape index (κ1) is 19.3. The van der Waals surface area contributed by atoms with Crippen molar-refractivity contribution < 1.29 is 9.90 Å². The number of carbonyl (C=O) groups is 1. The summed E-state index contributed by atoms with van der Waals surface area (Å²) >= 11 is 24.3. The van der Waals surface area contributed by atoms with E-state index in [9.17, 15) is 9.90 Å². The van der Waals surface area contributed by atoms with Gasteiger partial charge in [0.1, 0.15) is 11.6 Å². The van der Waals surface area contributed by atoms with Crippen molar-refractivity contribution in [2.45, 2.75) is 12.5 Å².